The molecule has 2 rings (SSSR count). The molecule has 1 amide bonds. The highest BCUT2D eigenvalue weighted by Crippen LogP contribution is 2.13. The van der Waals surface area contributed by atoms with E-state index in [-0.39, 0.29) is 18.0 Å². The van der Waals surface area contributed by atoms with E-state index in [2.05, 4.69) is 26.2 Å². The number of carbonyl (C=O) groups is 1. The first-order valence-electron chi connectivity index (χ1n) is 6.19. The molecule has 1 aromatic carbocycles. The Morgan fingerprint density at radius 3 is 2.65 bits per heavy atom. The van der Waals surface area contributed by atoms with Crippen LogP contribution < -0.4 is 10.9 Å². The van der Waals surface area contributed by atoms with Crippen LogP contribution in [-0.2, 0) is 17.8 Å². The van der Waals surface area contributed by atoms with Crippen LogP contribution in [0, 0.1) is 0 Å². The van der Waals surface area contributed by atoms with Crippen LogP contribution in [0.4, 0.5) is 5.69 Å². The van der Waals surface area contributed by atoms with Crippen molar-refractivity contribution >= 4 is 27.5 Å². The minimum Gasteiger partial charge on any atom is -0.325 e. The van der Waals surface area contributed by atoms with Crippen molar-refractivity contribution in [1.29, 1.82) is 0 Å². The van der Waals surface area contributed by atoms with Crippen molar-refractivity contribution in [3.8, 4) is 0 Å². The third-order valence-electron chi connectivity index (χ3n) is 2.74. The minimum absolute atomic E-state index is 0.0497. The van der Waals surface area contributed by atoms with Crippen molar-refractivity contribution < 1.29 is 4.79 Å². The van der Waals surface area contributed by atoms with E-state index in [4.69, 9.17) is 0 Å². The van der Waals surface area contributed by atoms with E-state index < -0.39 is 0 Å². The van der Waals surface area contributed by atoms with Crippen LogP contribution in [0.1, 0.15) is 12.6 Å². The van der Waals surface area contributed by atoms with Crippen LogP contribution in [0.3, 0.4) is 0 Å². The lowest BCUT2D eigenvalue weighted by molar-refractivity contribution is -0.116. The molecule has 0 saturated heterocycles. The number of amides is 1. The summed E-state index contributed by atoms with van der Waals surface area (Å²) < 4.78 is 2.22. The van der Waals surface area contributed by atoms with Gasteiger partial charge in [-0.2, -0.15) is 0 Å². The largest absolute Gasteiger partial charge is 0.325 e. The highest BCUT2D eigenvalue weighted by Gasteiger charge is 2.06. The molecular weight excluding hydrogens is 322 g/mol. The number of nitrogens with zero attached hydrogens (tertiary/aromatic N) is 2. The fourth-order valence-corrected chi connectivity index (χ4v) is 1.93. The van der Waals surface area contributed by atoms with Crippen LogP contribution in [0.2, 0.25) is 0 Å². The summed E-state index contributed by atoms with van der Waals surface area (Å²) in [6.07, 6.45) is 2.10. The second kappa shape index (κ2) is 6.47. The normalized spacial score (nSPS) is 10.3. The van der Waals surface area contributed by atoms with E-state index in [1.54, 1.807) is 12.1 Å². The van der Waals surface area contributed by atoms with E-state index in [1.807, 2.05) is 19.1 Å². The maximum absolute atomic E-state index is 11.9. The number of anilines is 1. The summed E-state index contributed by atoms with van der Waals surface area (Å²) in [5.74, 6) is -0.263. The van der Waals surface area contributed by atoms with Gasteiger partial charge in [-0.3, -0.25) is 14.2 Å². The molecule has 104 valence electrons. The molecule has 5 nitrogen and oxygen atoms in total. The number of nitrogens with one attached hydrogen (secondary N) is 1. The van der Waals surface area contributed by atoms with Crippen molar-refractivity contribution in [3.63, 3.8) is 0 Å². The summed E-state index contributed by atoms with van der Waals surface area (Å²) in [7, 11) is 0. The Labute approximate surface area is 124 Å². The Morgan fingerprint density at radius 2 is 2.05 bits per heavy atom. The van der Waals surface area contributed by atoms with Crippen LogP contribution >= 0.6 is 15.9 Å². The lowest BCUT2D eigenvalue weighted by Gasteiger charge is -2.07. The number of halogens is 1. The van der Waals surface area contributed by atoms with Gasteiger partial charge in [0.25, 0.3) is 5.56 Å². The van der Waals surface area contributed by atoms with Crippen molar-refractivity contribution in [3.05, 3.63) is 57.2 Å². The smallest absolute Gasteiger partial charge is 0.253 e. The van der Waals surface area contributed by atoms with Gasteiger partial charge in [-0.25, -0.2) is 4.98 Å². The lowest BCUT2D eigenvalue weighted by atomic mass is 10.3. The van der Waals surface area contributed by atoms with Gasteiger partial charge in [0.05, 0.1) is 6.33 Å². The summed E-state index contributed by atoms with van der Waals surface area (Å²) in [4.78, 5) is 27.7. The zero-order valence-electron chi connectivity index (χ0n) is 11.0. The number of aromatic nitrogens is 2. The van der Waals surface area contributed by atoms with Crippen LogP contribution in [0.5, 0.6) is 0 Å². The van der Waals surface area contributed by atoms with Gasteiger partial charge in [0.1, 0.15) is 6.54 Å². The third-order valence-corrected chi connectivity index (χ3v) is 3.27. The highest BCUT2D eigenvalue weighted by atomic mass is 79.9. The summed E-state index contributed by atoms with van der Waals surface area (Å²) in [6, 6.07) is 8.68. The number of carbonyl (C=O) groups excluding carboxylic acids is 1. The second-order valence-electron chi connectivity index (χ2n) is 4.26. The minimum atomic E-state index is -0.263. The molecule has 0 spiro atoms. The second-order valence-corrected chi connectivity index (χ2v) is 5.17. The van der Waals surface area contributed by atoms with Crippen molar-refractivity contribution in [2.75, 3.05) is 5.32 Å². The van der Waals surface area contributed by atoms with Crippen LogP contribution in [0.25, 0.3) is 0 Å². The van der Waals surface area contributed by atoms with Crippen LogP contribution in [0.15, 0.2) is 45.9 Å². The molecule has 0 unspecified atom stereocenters. The average molecular weight is 336 g/mol. The summed E-state index contributed by atoms with van der Waals surface area (Å²) in [5.41, 5.74) is 1.19. The van der Waals surface area contributed by atoms with Gasteiger partial charge < -0.3 is 5.32 Å². The zero-order chi connectivity index (χ0) is 14.5. The van der Waals surface area contributed by atoms with E-state index >= 15 is 0 Å². The Morgan fingerprint density at radius 1 is 1.35 bits per heavy atom. The zero-order valence-corrected chi connectivity index (χ0v) is 12.6. The third kappa shape index (κ3) is 3.77. The molecule has 0 saturated carbocycles. The van der Waals surface area contributed by atoms with Gasteiger partial charge >= 0.3 is 0 Å². The molecule has 1 heterocycles. The quantitative estimate of drug-likeness (QED) is 0.931. The number of hydrogen-bond donors (Lipinski definition) is 1. The van der Waals surface area contributed by atoms with Gasteiger partial charge in [0.2, 0.25) is 5.91 Å². The van der Waals surface area contributed by atoms with Gasteiger partial charge in [0.15, 0.2) is 0 Å². The number of rotatable bonds is 4. The highest BCUT2D eigenvalue weighted by molar-refractivity contribution is 9.10. The average Bonchev–Trinajstić information content (AvgIpc) is 2.43. The molecule has 1 aromatic heterocycles. The summed E-state index contributed by atoms with van der Waals surface area (Å²) in [6.45, 7) is 1.87. The lowest BCUT2D eigenvalue weighted by Crippen LogP contribution is -2.27. The standard InChI is InChI=1S/C14H14BrN3O2/c1-2-11-7-14(20)18(9-16-11)8-13(19)17-12-5-3-10(15)4-6-12/h3-7,9H,2,8H2,1H3,(H,17,19). The fourth-order valence-electron chi connectivity index (χ4n) is 1.66. The molecule has 0 atom stereocenters. The molecule has 0 aliphatic heterocycles. The Hall–Kier alpha value is -1.95. The van der Waals surface area contributed by atoms with Crippen molar-refractivity contribution in [1.82, 2.24) is 9.55 Å². The fraction of sp³-hybridized carbons (Fsp3) is 0.214. The first-order valence-corrected chi connectivity index (χ1v) is 6.98. The topological polar surface area (TPSA) is 64.0 Å². The number of aryl methyl sites for hydroxylation is 1. The SMILES string of the molecule is CCc1cc(=O)n(CC(=O)Nc2ccc(Br)cc2)cn1. The Bertz CT molecular complexity index is 665. The first-order chi connectivity index (χ1) is 9.58. The molecule has 0 aliphatic carbocycles. The number of hydrogen-bond acceptors (Lipinski definition) is 3. The molecule has 0 aliphatic rings. The summed E-state index contributed by atoms with van der Waals surface area (Å²) in [5, 5.41) is 2.73. The molecule has 20 heavy (non-hydrogen) atoms. The molecule has 2 aromatic rings. The van der Waals surface area contributed by atoms with E-state index in [0.717, 1.165) is 10.2 Å². The number of benzene rings is 1. The molecule has 6 heteroatoms. The first kappa shape index (κ1) is 14.5. The molecule has 0 radical (unpaired) electrons. The molecule has 1 N–H and O–H groups in total. The van der Waals surface area contributed by atoms with Crippen molar-refractivity contribution in [2.45, 2.75) is 19.9 Å². The Kier molecular flexibility index (Phi) is 4.68. The van der Waals surface area contributed by atoms with E-state index in [1.165, 1.54) is 17.0 Å². The predicted octanol–water partition coefficient (Wildman–Crippen LogP) is 2.21. The van der Waals surface area contributed by atoms with Gasteiger partial charge in [-0.1, -0.05) is 22.9 Å². The maximum Gasteiger partial charge on any atom is 0.253 e. The van der Waals surface area contributed by atoms with Crippen LogP contribution in [-0.4, -0.2) is 15.5 Å². The molecule has 0 fully saturated rings. The Balaban J connectivity index is 2.04. The molecular formula is C14H14BrN3O2. The maximum atomic E-state index is 11.9. The van der Waals surface area contributed by atoms with Crippen molar-refractivity contribution in [2.24, 2.45) is 0 Å². The van der Waals surface area contributed by atoms with Gasteiger partial charge in [-0.15, -0.1) is 0 Å². The van der Waals surface area contributed by atoms with E-state index in [9.17, 15) is 9.59 Å². The predicted molar refractivity (Wildman–Crippen MR) is 80.6 cm³/mol. The van der Waals surface area contributed by atoms with E-state index in [0.29, 0.717) is 12.1 Å². The monoisotopic (exact) mass is 335 g/mol. The van der Waals surface area contributed by atoms with Gasteiger partial charge in [0, 0.05) is 21.9 Å². The summed E-state index contributed by atoms with van der Waals surface area (Å²) >= 11 is 3.32. The van der Waals surface area contributed by atoms with Gasteiger partial charge in [-0.05, 0) is 30.7 Å². The molecule has 0 bridgehead atoms.